The highest BCUT2D eigenvalue weighted by Gasteiger charge is 2.48. The molecule has 1 fully saturated rings. The monoisotopic (exact) mass is 503 g/mol. The summed E-state index contributed by atoms with van der Waals surface area (Å²) in [5.41, 5.74) is 3.34. The van der Waals surface area contributed by atoms with Gasteiger partial charge in [-0.3, -0.25) is 0 Å². The molecule has 2 aliphatic heterocycles. The quantitative estimate of drug-likeness (QED) is 0.161. The van der Waals surface area contributed by atoms with Gasteiger partial charge in [0.05, 0.1) is 33.9 Å². The molecule has 0 amide bonds. The van der Waals surface area contributed by atoms with Crippen molar-refractivity contribution in [2.75, 3.05) is 27.9 Å². The zero-order chi connectivity index (χ0) is 25.9. The van der Waals surface area contributed by atoms with Crippen LogP contribution >= 0.6 is 0 Å². The van der Waals surface area contributed by atoms with Crippen LogP contribution in [0.15, 0.2) is 36.7 Å². The molecule has 0 N–H and O–H groups in total. The summed E-state index contributed by atoms with van der Waals surface area (Å²) < 4.78 is 19.6. The van der Waals surface area contributed by atoms with Crippen LogP contribution in [0.5, 0.6) is 17.2 Å². The molecule has 37 heavy (non-hydrogen) atoms. The minimum absolute atomic E-state index is 0.0311. The molecule has 6 rings (SSSR count). The Bertz CT molecular complexity index is 1560. The van der Waals surface area contributed by atoms with Crippen LogP contribution in [0.1, 0.15) is 29.7 Å². The topological polar surface area (TPSA) is 88.7 Å². The first-order valence-electron chi connectivity index (χ1n) is 12.6. The number of ether oxygens (including phenoxy) is 3. The van der Waals surface area contributed by atoms with Crippen molar-refractivity contribution in [1.82, 2.24) is 9.55 Å². The van der Waals surface area contributed by atoms with Gasteiger partial charge in [0.2, 0.25) is 6.33 Å². The molecule has 3 heterocycles. The first kappa shape index (κ1) is 23.5. The average molecular weight is 504 g/mol. The summed E-state index contributed by atoms with van der Waals surface area (Å²) in [6, 6.07) is 10.8. The van der Waals surface area contributed by atoms with Gasteiger partial charge in [0.1, 0.15) is 18.8 Å². The van der Waals surface area contributed by atoms with Gasteiger partial charge >= 0.3 is 5.82 Å². The van der Waals surface area contributed by atoms with E-state index < -0.39 is 0 Å². The Morgan fingerprint density at radius 1 is 1.03 bits per heavy atom. The Morgan fingerprint density at radius 2 is 1.76 bits per heavy atom. The third-order valence-electron chi connectivity index (χ3n) is 8.56. The molecule has 0 spiro atoms. The normalized spacial score (nSPS) is 20.6. The second kappa shape index (κ2) is 8.62. The molecular weight excluding hydrogens is 472 g/mol. The van der Waals surface area contributed by atoms with Gasteiger partial charge < -0.3 is 33.4 Å². The molecule has 2 aliphatic rings. The zero-order valence-electron chi connectivity index (χ0n) is 21.6. The van der Waals surface area contributed by atoms with E-state index in [2.05, 4.69) is 29.2 Å². The third-order valence-corrected chi connectivity index (χ3v) is 8.56. The van der Waals surface area contributed by atoms with Gasteiger partial charge in [-0.2, -0.15) is 0 Å². The van der Waals surface area contributed by atoms with Crippen molar-refractivity contribution in [3.05, 3.63) is 63.6 Å². The van der Waals surface area contributed by atoms with Gasteiger partial charge in [-0.15, -0.1) is 0 Å². The number of hydrogen-bond donors (Lipinski definition) is 0. The molecular formula is C28H31N4O5+. The van der Waals surface area contributed by atoms with Crippen molar-refractivity contribution in [2.45, 2.75) is 38.4 Å². The molecule has 9 heteroatoms. The Labute approximate surface area is 214 Å². The van der Waals surface area contributed by atoms with E-state index in [1.165, 1.54) is 21.9 Å². The minimum atomic E-state index is -0.356. The first-order valence-corrected chi connectivity index (χ1v) is 12.6. The fourth-order valence-electron chi connectivity index (χ4n) is 6.72. The Kier molecular flexibility index (Phi) is 5.49. The van der Waals surface area contributed by atoms with Gasteiger partial charge in [-0.05, 0) is 61.3 Å². The molecule has 2 atom stereocenters. The molecule has 0 bridgehead atoms. The molecule has 1 saturated heterocycles. The molecule has 4 aromatic rings. The average Bonchev–Trinajstić information content (AvgIpc) is 3.49. The number of rotatable bonds is 6. The number of imidazole rings is 1. The Hall–Kier alpha value is -3.85. The lowest BCUT2D eigenvalue weighted by atomic mass is 9.83. The summed E-state index contributed by atoms with van der Waals surface area (Å²) in [5.74, 6) is 2.18. The van der Waals surface area contributed by atoms with E-state index in [0.717, 1.165) is 53.4 Å². The predicted molar refractivity (Wildman–Crippen MR) is 140 cm³/mol. The van der Waals surface area contributed by atoms with Crippen LogP contribution in [0.4, 0.5) is 5.82 Å². The number of aromatic nitrogens is 2. The van der Waals surface area contributed by atoms with Crippen molar-refractivity contribution < 1.29 is 23.6 Å². The molecule has 0 saturated carbocycles. The predicted octanol–water partition coefficient (Wildman–Crippen LogP) is 4.90. The second-order valence-electron chi connectivity index (χ2n) is 10.3. The van der Waals surface area contributed by atoms with E-state index in [1.807, 2.05) is 17.7 Å². The number of nitrogens with zero attached hydrogens (tertiary/aromatic N) is 4. The fraction of sp³-hybridized carbons (Fsp3) is 0.393. The molecule has 9 nitrogen and oxygen atoms in total. The van der Waals surface area contributed by atoms with Gasteiger partial charge in [0.15, 0.2) is 17.2 Å². The van der Waals surface area contributed by atoms with Crippen molar-refractivity contribution in [2.24, 2.45) is 7.05 Å². The molecule has 3 aromatic carbocycles. The molecule has 1 unspecified atom stereocenters. The van der Waals surface area contributed by atoms with E-state index in [9.17, 15) is 10.1 Å². The van der Waals surface area contributed by atoms with E-state index in [1.54, 1.807) is 27.7 Å². The number of benzene rings is 3. The van der Waals surface area contributed by atoms with Crippen molar-refractivity contribution in [3.63, 3.8) is 0 Å². The first-order chi connectivity index (χ1) is 17.9. The summed E-state index contributed by atoms with van der Waals surface area (Å²) in [4.78, 5) is 15.5. The molecule has 1 aromatic heterocycles. The second-order valence-corrected chi connectivity index (χ2v) is 10.3. The summed E-state index contributed by atoms with van der Waals surface area (Å²) in [6.45, 7) is 2.40. The summed E-state index contributed by atoms with van der Waals surface area (Å²) >= 11 is 0. The van der Waals surface area contributed by atoms with Crippen LogP contribution in [0.3, 0.4) is 0 Å². The summed E-state index contributed by atoms with van der Waals surface area (Å²) in [5, 5.41) is 16.3. The lowest BCUT2D eigenvalue weighted by Crippen LogP contribution is -2.54. The number of fused-ring (bicyclic) bond motifs is 7. The van der Waals surface area contributed by atoms with Gasteiger partial charge in [0, 0.05) is 31.9 Å². The third kappa shape index (κ3) is 3.52. The van der Waals surface area contributed by atoms with Crippen molar-refractivity contribution >= 4 is 27.4 Å². The number of aryl methyl sites for hydroxylation is 1. The maximum absolute atomic E-state index is 11.7. The van der Waals surface area contributed by atoms with E-state index in [4.69, 9.17) is 14.2 Å². The zero-order valence-corrected chi connectivity index (χ0v) is 21.6. The SMILES string of the molecule is COc1ccc2c3c(c4cc(OC)c(OC)cc4c2c1)C[C@H]1CCC[N+]1(Cc1c([N+](=O)[O-])ncn1C)C3. The standard InChI is InChI=1S/C28H31N4O5/c1-30-16-29-28(31(33)34)25(30)15-32-9-5-6-17(32)10-20-22-12-26(36-3)27(37-4)13-23(22)21-11-18(35-2)7-8-19(21)24(20)14-32/h7-8,11-13,16-17H,5-6,9-10,14-15H2,1-4H3/q+1/t17-,32?/m1/s1. The van der Waals surface area contributed by atoms with Crippen LogP contribution in [0.2, 0.25) is 0 Å². The smallest absolute Gasteiger partial charge is 0.390 e. The van der Waals surface area contributed by atoms with Gasteiger partial charge in [-0.1, -0.05) is 6.07 Å². The summed E-state index contributed by atoms with van der Waals surface area (Å²) in [7, 11) is 6.86. The fourth-order valence-corrected chi connectivity index (χ4v) is 6.72. The lowest BCUT2D eigenvalue weighted by molar-refractivity contribution is -0.966. The largest absolute Gasteiger partial charge is 0.497 e. The van der Waals surface area contributed by atoms with Crippen LogP contribution in [0.25, 0.3) is 21.5 Å². The number of nitro groups is 1. The van der Waals surface area contributed by atoms with Crippen LogP contribution in [-0.2, 0) is 26.6 Å². The van der Waals surface area contributed by atoms with Crippen LogP contribution in [0, 0.1) is 10.1 Å². The highest BCUT2D eigenvalue weighted by molar-refractivity contribution is 6.12. The Balaban J connectivity index is 1.59. The van der Waals surface area contributed by atoms with Crippen molar-refractivity contribution in [1.29, 1.82) is 0 Å². The Morgan fingerprint density at radius 3 is 2.46 bits per heavy atom. The highest BCUT2D eigenvalue weighted by atomic mass is 16.6. The number of hydrogen-bond acceptors (Lipinski definition) is 6. The van der Waals surface area contributed by atoms with Gasteiger partial charge in [0.25, 0.3) is 0 Å². The minimum Gasteiger partial charge on any atom is -0.497 e. The van der Waals surface area contributed by atoms with E-state index in [-0.39, 0.29) is 10.7 Å². The van der Waals surface area contributed by atoms with E-state index >= 15 is 0 Å². The lowest BCUT2D eigenvalue weighted by Gasteiger charge is -2.44. The van der Waals surface area contributed by atoms with Crippen LogP contribution < -0.4 is 14.2 Å². The van der Waals surface area contributed by atoms with Gasteiger partial charge in [-0.25, -0.2) is 0 Å². The number of quaternary nitrogens is 1. The molecule has 0 aliphatic carbocycles. The maximum atomic E-state index is 11.7. The summed E-state index contributed by atoms with van der Waals surface area (Å²) in [6.07, 6.45) is 4.67. The molecule has 0 radical (unpaired) electrons. The maximum Gasteiger partial charge on any atom is 0.390 e. The molecule has 192 valence electrons. The van der Waals surface area contributed by atoms with Crippen LogP contribution in [-0.4, -0.2) is 52.9 Å². The number of methoxy groups -OCH3 is 3. The van der Waals surface area contributed by atoms with Crippen molar-refractivity contribution in [3.8, 4) is 17.2 Å². The van der Waals surface area contributed by atoms with E-state index in [0.29, 0.717) is 29.8 Å². The highest BCUT2D eigenvalue weighted by Crippen LogP contribution is 2.47.